The van der Waals surface area contributed by atoms with Gasteiger partial charge in [-0.05, 0) is 55.3 Å². The number of amides is 2. The number of aryl methyl sites for hydroxylation is 1. The third kappa shape index (κ3) is 4.36. The van der Waals surface area contributed by atoms with Crippen LogP contribution in [0.5, 0.6) is 0 Å². The van der Waals surface area contributed by atoms with E-state index in [0.717, 1.165) is 16.8 Å². The average molecular weight is 384 g/mol. The summed E-state index contributed by atoms with van der Waals surface area (Å²) in [6, 6.07) is 10.9. The zero-order valence-corrected chi connectivity index (χ0v) is 15.7. The van der Waals surface area contributed by atoms with Crippen molar-refractivity contribution in [2.45, 2.75) is 20.3 Å². The van der Waals surface area contributed by atoms with Crippen LogP contribution in [-0.2, 0) is 19.1 Å². The summed E-state index contributed by atoms with van der Waals surface area (Å²) >= 11 is 0. The first-order chi connectivity index (χ1) is 13.3. The van der Waals surface area contributed by atoms with Gasteiger partial charge in [0.25, 0.3) is 5.91 Å². The average Bonchev–Trinajstić information content (AvgIpc) is 3.05. The second kappa shape index (κ2) is 8.21. The van der Waals surface area contributed by atoms with E-state index < -0.39 is 30.2 Å². The highest BCUT2D eigenvalue weighted by atomic mass is 19.1. The minimum absolute atomic E-state index is 0.0474. The summed E-state index contributed by atoms with van der Waals surface area (Å²) in [5.74, 6) is -2.30. The zero-order chi connectivity index (χ0) is 20.3. The first-order valence-corrected chi connectivity index (χ1v) is 8.94. The first-order valence-electron chi connectivity index (χ1n) is 8.94. The van der Waals surface area contributed by atoms with Crippen molar-refractivity contribution in [2.24, 2.45) is 5.92 Å². The molecular formula is C21H21FN2O4. The van der Waals surface area contributed by atoms with Crippen LogP contribution in [0.4, 0.5) is 15.8 Å². The molecule has 7 heteroatoms. The summed E-state index contributed by atoms with van der Waals surface area (Å²) in [5, 5.41) is 2.51. The lowest BCUT2D eigenvalue weighted by atomic mass is 10.1. The SMILES string of the molecule is Cc1cccc(N2C[C@@H](C(=O)OCC(=O)Nc3ccc(F)cc3)CC2=O)c1C. The Labute approximate surface area is 162 Å². The Bertz CT molecular complexity index is 911. The quantitative estimate of drug-likeness (QED) is 0.804. The molecule has 2 aromatic rings. The van der Waals surface area contributed by atoms with E-state index in [2.05, 4.69) is 5.32 Å². The van der Waals surface area contributed by atoms with Crippen LogP contribution >= 0.6 is 0 Å². The fraction of sp³-hybridized carbons (Fsp3) is 0.286. The van der Waals surface area contributed by atoms with Crippen molar-refractivity contribution in [3.05, 3.63) is 59.4 Å². The Hall–Kier alpha value is -3.22. The van der Waals surface area contributed by atoms with Crippen LogP contribution in [0.25, 0.3) is 0 Å². The fourth-order valence-corrected chi connectivity index (χ4v) is 3.11. The second-order valence-electron chi connectivity index (χ2n) is 6.79. The highest BCUT2D eigenvalue weighted by Crippen LogP contribution is 2.29. The molecule has 0 bridgehead atoms. The van der Waals surface area contributed by atoms with Crippen molar-refractivity contribution < 1.29 is 23.5 Å². The summed E-state index contributed by atoms with van der Waals surface area (Å²) in [4.78, 5) is 38.1. The third-order valence-electron chi connectivity index (χ3n) is 4.80. The van der Waals surface area contributed by atoms with Crippen LogP contribution in [0.2, 0.25) is 0 Å². The summed E-state index contributed by atoms with van der Waals surface area (Å²) in [7, 11) is 0. The zero-order valence-electron chi connectivity index (χ0n) is 15.7. The van der Waals surface area contributed by atoms with E-state index >= 15 is 0 Å². The van der Waals surface area contributed by atoms with E-state index in [1.165, 1.54) is 24.3 Å². The maximum absolute atomic E-state index is 12.9. The molecule has 0 aromatic heterocycles. The predicted molar refractivity (Wildman–Crippen MR) is 102 cm³/mol. The number of halogens is 1. The number of hydrogen-bond acceptors (Lipinski definition) is 4. The van der Waals surface area contributed by atoms with E-state index in [9.17, 15) is 18.8 Å². The molecule has 3 rings (SSSR count). The lowest BCUT2D eigenvalue weighted by Crippen LogP contribution is -2.28. The minimum Gasteiger partial charge on any atom is -0.455 e. The van der Waals surface area contributed by atoms with Crippen LogP contribution in [0.1, 0.15) is 17.5 Å². The van der Waals surface area contributed by atoms with E-state index in [0.29, 0.717) is 5.69 Å². The van der Waals surface area contributed by atoms with Crippen molar-refractivity contribution in [2.75, 3.05) is 23.4 Å². The molecule has 0 saturated carbocycles. The Kier molecular flexibility index (Phi) is 5.73. The number of esters is 1. The molecule has 1 heterocycles. The number of nitrogens with one attached hydrogen (secondary N) is 1. The summed E-state index contributed by atoms with van der Waals surface area (Å²) in [6.07, 6.45) is 0.0474. The molecule has 1 aliphatic rings. The molecule has 28 heavy (non-hydrogen) atoms. The maximum atomic E-state index is 12.9. The number of rotatable bonds is 5. The van der Waals surface area contributed by atoms with Crippen molar-refractivity contribution in [3.8, 4) is 0 Å². The van der Waals surface area contributed by atoms with Gasteiger partial charge in [-0.1, -0.05) is 12.1 Å². The third-order valence-corrected chi connectivity index (χ3v) is 4.80. The monoisotopic (exact) mass is 384 g/mol. The predicted octanol–water partition coefficient (Wildman–Crippen LogP) is 2.98. The minimum atomic E-state index is -0.619. The number of carbonyl (C=O) groups is 3. The topological polar surface area (TPSA) is 75.7 Å². The Morgan fingerprint density at radius 1 is 1.18 bits per heavy atom. The van der Waals surface area contributed by atoms with Gasteiger partial charge in [0.2, 0.25) is 5.91 Å². The molecule has 0 unspecified atom stereocenters. The Balaban J connectivity index is 1.55. The van der Waals surface area contributed by atoms with Gasteiger partial charge in [0, 0.05) is 24.3 Å². The van der Waals surface area contributed by atoms with Crippen molar-refractivity contribution in [3.63, 3.8) is 0 Å². The van der Waals surface area contributed by atoms with Crippen molar-refractivity contribution in [1.29, 1.82) is 0 Å². The van der Waals surface area contributed by atoms with Crippen LogP contribution in [-0.4, -0.2) is 30.9 Å². The number of nitrogens with zero attached hydrogens (tertiary/aromatic N) is 1. The molecule has 1 fully saturated rings. The van der Waals surface area contributed by atoms with Gasteiger partial charge < -0.3 is 15.0 Å². The molecule has 2 aromatic carbocycles. The molecule has 1 saturated heterocycles. The second-order valence-corrected chi connectivity index (χ2v) is 6.79. The van der Waals surface area contributed by atoms with Crippen molar-refractivity contribution in [1.82, 2.24) is 0 Å². The fourth-order valence-electron chi connectivity index (χ4n) is 3.11. The normalized spacial score (nSPS) is 16.2. The molecule has 1 N–H and O–H groups in total. The van der Waals surface area contributed by atoms with Gasteiger partial charge in [0.05, 0.1) is 5.92 Å². The van der Waals surface area contributed by atoms with Gasteiger partial charge in [-0.3, -0.25) is 14.4 Å². The van der Waals surface area contributed by atoms with Gasteiger partial charge >= 0.3 is 5.97 Å². The van der Waals surface area contributed by atoms with Crippen LogP contribution in [0.3, 0.4) is 0 Å². The summed E-state index contributed by atoms with van der Waals surface area (Å²) in [6.45, 7) is 3.65. The number of hydrogen-bond donors (Lipinski definition) is 1. The molecule has 146 valence electrons. The number of carbonyl (C=O) groups excluding carboxylic acids is 3. The molecular weight excluding hydrogens is 363 g/mol. The van der Waals surface area contributed by atoms with Gasteiger partial charge in [-0.2, -0.15) is 0 Å². The highest BCUT2D eigenvalue weighted by molar-refractivity contribution is 6.00. The number of anilines is 2. The maximum Gasteiger partial charge on any atom is 0.311 e. The van der Waals surface area contributed by atoms with Crippen molar-refractivity contribution >= 4 is 29.2 Å². The highest BCUT2D eigenvalue weighted by Gasteiger charge is 2.37. The summed E-state index contributed by atoms with van der Waals surface area (Å²) < 4.78 is 17.9. The van der Waals surface area contributed by atoms with Gasteiger partial charge in [0.15, 0.2) is 6.61 Å². The van der Waals surface area contributed by atoms with E-state index in [-0.39, 0.29) is 18.9 Å². The Morgan fingerprint density at radius 2 is 1.89 bits per heavy atom. The number of benzene rings is 2. The van der Waals surface area contributed by atoms with Gasteiger partial charge in [0.1, 0.15) is 5.82 Å². The molecule has 2 amide bonds. The molecule has 1 aliphatic heterocycles. The molecule has 6 nitrogen and oxygen atoms in total. The van der Waals surface area contributed by atoms with Crippen LogP contribution in [0.15, 0.2) is 42.5 Å². The smallest absolute Gasteiger partial charge is 0.311 e. The standard InChI is InChI=1S/C21H21FN2O4/c1-13-4-3-5-18(14(13)2)24-11-15(10-20(24)26)21(27)28-12-19(25)23-17-8-6-16(22)7-9-17/h3-9,15H,10-12H2,1-2H3,(H,23,25)/t15-/m0/s1. The largest absolute Gasteiger partial charge is 0.455 e. The summed E-state index contributed by atoms with van der Waals surface area (Å²) in [5.41, 5.74) is 3.24. The lowest BCUT2D eigenvalue weighted by molar-refractivity contribution is -0.151. The number of ether oxygens (including phenoxy) is 1. The van der Waals surface area contributed by atoms with E-state index in [4.69, 9.17) is 4.74 Å². The Morgan fingerprint density at radius 3 is 2.61 bits per heavy atom. The van der Waals surface area contributed by atoms with E-state index in [1.807, 2.05) is 32.0 Å². The van der Waals surface area contributed by atoms with Crippen LogP contribution in [0, 0.1) is 25.6 Å². The first kappa shape index (κ1) is 19.5. The molecule has 1 atom stereocenters. The van der Waals surface area contributed by atoms with Gasteiger partial charge in [-0.15, -0.1) is 0 Å². The van der Waals surface area contributed by atoms with E-state index in [1.54, 1.807) is 4.90 Å². The van der Waals surface area contributed by atoms with Gasteiger partial charge in [-0.25, -0.2) is 4.39 Å². The molecule has 0 spiro atoms. The lowest BCUT2D eigenvalue weighted by Gasteiger charge is -2.20. The van der Waals surface area contributed by atoms with Crippen LogP contribution < -0.4 is 10.2 Å². The molecule has 0 radical (unpaired) electrons. The molecule has 0 aliphatic carbocycles.